The van der Waals surface area contributed by atoms with Crippen LogP contribution in [-0.4, -0.2) is 0 Å². The molecular weight excluding hydrogens is 249 g/mol. The monoisotopic (exact) mass is 257 g/mol. The van der Waals surface area contributed by atoms with Gasteiger partial charge in [0.1, 0.15) is 0 Å². The minimum atomic E-state index is 0. The van der Waals surface area contributed by atoms with Crippen LogP contribution in [0.1, 0.15) is 0 Å². The molecule has 1 heterocycles. The molecule has 0 nitrogen and oxygen atoms in total. The first kappa shape index (κ1) is 11.4. The zero-order valence-electron chi connectivity index (χ0n) is 6.07. The number of hydrogen-bond acceptors (Lipinski definition) is 0. The van der Waals surface area contributed by atoms with Gasteiger partial charge in [0.25, 0.3) is 0 Å². The van der Waals surface area contributed by atoms with Crippen molar-refractivity contribution in [3.63, 3.8) is 0 Å². The van der Waals surface area contributed by atoms with Crippen molar-refractivity contribution in [2.75, 3.05) is 0 Å². The third-order valence-corrected chi connectivity index (χ3v) is 3.11. The maximum Gasteiger partial charge on any atom is 0 e. The summed E-state index contributed by atoms with van der Waals surface area (Å²) in [6, 6.07) is 12.1. The van der Waals surface area contributed by atoms with Crippen LogP contribution in [0, 0.1) is 0 Å². The number of rotatable bonds is 0. The van der Waals surface area contributed by atoms with Crippen molar-refractivity contribution in [3.05, 3.63) is 48.0 Å². The summed E-state index contributed by atoms with van der Waals surface area (Å²) in [7, 11) is 2.53. The quantitative estimate of drug-likeness (QED) is 0.632. The molecule has 1 atom stereocenters. The molecule has 0 aliphatic carbocycles. The summed E-state index contributed by atoms with van der Waals surface area (Å²) in [5.41, 5.74) is 0. The van der Waals surface area contributed by atoms with Crippen LogP contribution in [0.15, 0.2) is 48.0 Å². The molecule has 0 saturated heterocycles. The second-order valence-corrected chi connectivity index (χ2v) is 4.43. The fourth-order valence-electron chi connectivity index (χ4n) is 0.536. The summed E-state index contributed by atoms with van der Waals surface area (Å²) in [5.74, 6) is 4.36. The molecule has 0 N–H and O–H groups in total. The van der Waals surface area contributed by atoms with E-state index in [2.05, 4.69) is 17.7 Å². The van der Waals surface area contributed by atoms with Gasteiger partial charge in [-0.25, -0.2) is 12.1 Å². The van der Waals surface area contributed by atoms with Crippen LogP contribution < -0.4 is 0 Å². The molecule has 1 aromatic heterocycles. The van der Waals surface area contributed by atoms with Gasteiger partial charge in [0.2, 0.25) is 0 Å². The fourth-order valence-corrected chi connectivity index (χ4v) is 2.26. The second kappa shape index (κ2) is 8.54. The molecule has 11 heavy (non-hydrogen) atoms. The van der Waals surface area contributed by atoms with Gasteiger partial charge in [0, 0.05) is 26.2 Å². The summed E-state index contributed by atoms with van der Waals surface area (Å²) >= 11 is 0. The molecule has 0 aliphatic rings. The van der Waals surface area contributed by atoms with E-state index in [9.17, 15) is 0 Å². The topological polar surface area (TPSA) is 0 Å². The third-order valence-electron chi connectivity index (χ3n) is 0.961. The Bertz CT molecular complexity index is 151. The molecular formula is C8H9P2Zr-. The Labute approximate surface area is 89.6 Å². The van der Waals surface area contributed by atoms with Crippen molar-refractivity contribution >= 4 is 15.7 Å². The summed E-state index contributed by atoms with van der Waals surface area (Å²) in [6.07, 6.45) is 0. The second-order valence-electron chi connectivity index (χ2n) is 1.73. The van der Waals surface area contributed by atoms with Crippen molar-refractivity contribution in [3.8, 4) is 0 Å². The van der Waals surface area contributed by atoms with Crippen molar-refractivity contribution in [1.29, 1.82) is 0 Å². The molecule has 2 rings (SSSR count). The molecule has 56 valence electrons. The van der Waals surface area contributed by atoms with E-state index in [4.69, 9.17) is 0 Å². The Morgan fingerprint density at radius 2 is 1.82 bits per heavy atom. The average Bonchev–Trinajstić information content (AvgIpc) is 2.67. The third kappa shape index (κ3) is 6.83. The Morgan fingerprint density at radius 1 is 1.09 bits per heavy atom. The first-order valence-corrected chi connectivity index (χ1v) is 5.99. The van der Waals surface area contributed by atoms with Crippen LogP contribution in [-0.2, 0) is 26.2 Å². The molecule has 3 heteroatoms. The van der Waals surface area contributed by atoms with E-state index >= 15 is 0 Å². The maximum absolute atomic E-state index is 2.20. The number of hydrogen-bond donors (Lipinski definition) is 0. The molecule has 2 aromatic rings. The SMILES string of the molecule is [Zr].c1cc[cH-]c1.c1cp[pH]c1. The predicted octanol–water partition coefficient (Wildman–Crippen LogP) is 3.70. The van der Waals surface area contributed by atoms with Crippen molar-refractivity contribution in [2.45, 2.75) is 0 Å². The fraction of sp³-hybridized carbons (Fsp3) is 0. The summed E-state index contributed by atoms with van der Waals surface area (Å²) in [4.78, 5) is 0. The first-order valence-electron chi connectivity index (χ1n) is 3.10. The molecule has 0 saturated carbocycles. The van der Waals surface area contributed by atoms with Gasteiger partial charge in [-0.15, -0.1) is 7.87 Å². The standard InChI is InChI=1S/C5H5.C3H4P2.Zr/c2*1-2-4-5-3-1;/h1-5H;1-4H;/q-1;;. The van der Waals surface area contributed by atoms with Crippen LogP contribution in [0.25, 0.3) is 0 Å². The molecule has 1 aromatic carbocycles. The van der Waals surface area contributed by atoms with Crippen molar-refractivity contribution in [1.82, 2.24) is 0 Å². The van der Waals surface area contributed by atoms with Gasteiger partial charge < -0.3 is 0 Å². The van der Waals surface area contributed by atoms with Crippen molar-refractivity contribution in [2.24, 2.45) is 0 Å². The molecule has 0 aliphatic heterocycles. The van der Waals surface area contributed by atoms with Gasteiger partial charge in [-0.3, -0.25) is 0 Å². The smallest absolute Gasteiger partial charge is 0 e. The zero-order chi connectivity index (χ0) is 7.07. The van der Waals surface area contributed by atoms with E-state index in [-0.39, 0.29) is 26.2 Å². The van der Waals surface area contributed by atoms with Gasteiger partial charge in [0.05, 0.1) is 0 Å². The van der Waals surface area contributed by atoms with Crippen molar-refractivity contribution < 1.29 is 26.2 Å². The maximum atomic E-state index is 2.20. The Hall–Kier alpha value is 0.443. The van der Waals surface area contributed by atoms with Crippen LogP contribution in [0.5, 0.6) is 0 Å². The molecule has 0 fully saturated rings. The summed E-state index contributed by atoms with van der Waals surface area (Å²) in [6.45, 7) is 0. The van der Waals surface area contributed by atoms with Gasteiger partial charge in [-0.05, 0) is 11.6 Å². The molecule has 0 spiro atoms. The summed E-state index contributed by atoms with van der Waals surface area (Å²) < 4.78 is 0. The van der Waals surface area contributed by atoms with Crippen LogP contribution in [0.3, 0.4) is 0 Å². The van der Waals surface area contributed by atoms with Gasteiger partial charge >= 0.3 is 0 Å². The van der Waals surface area contributed by atoms with E-state index in [1.54, 1.807) is 0 Å². The van der Waals surface area contributed by atoms with Crippen LogP contribution >= 0.6 is 15.7 Å². The zero-order valence-corrected chi connectivity index (χ0v) is 10.4. The Balaban J connectivity index is 0.000000167. The van der Waals surface area contributed by atoms with E-state index < -0.39 is 0 Å². The minimum Gasteiger partial charge on any atom is -0.214 e. The van der Waals surface area contributed by atoms with Crippen LogP contribution in [0.2, 0.25) is 0 Å². The Morgan fingerprint density at radius 3 is 2.00 bits per heavy atom. The molecule has 1 unspecified atom stereocenters. The largest absolute Gasteiger partial charge is 0.214 e. The van der Waals surface area contributed by atoms with Gasteiger partial charge in [0.15, 0.2) is 0 Å². The molecule has 0 bridgehead atoms. The first-order chi connectivity index (χ1) is 5.00. The van der Waals surface area contributed by atoms with E-state index in [1.165, 1.54) is 7.87 Å². The average molecular weight is 258 g/mol. The minimum absolute atomic E-state index is 0. The van der Waals surface area contributed by atoms with Gasteiger partial charge in [-0.1, -0.05) is 13.9 Å². The van der Waals surface area contributed by atoms with E-state index in [0.717, 1.165) is 7.87 Å². The normalized spacial score (nSPS) is 8.73. The van der Waals surface area contributed by atoms with Gasteiger partial charge in [-0.2, -0.15) is 18.2 Å². The molecule has 0 radical (unpaired) electrons. The molecule has 0 amide bonds. The summed E-state index contributed by atoms with van der Waals surface area (Å²) in [5, 5.41) is 0. The predicted molar refractivity (Wildman–Crippen MR) is 50.5 cm³/mol. The Kier molecular flexibility index (Phi) is 8.88. The van der Waals surface area contributed by atoms with E-state index in [0.29, 0.717) is 0 Å². The van der Waals surface area contributed by atoms with E-state index in [1.807, 2.05) is 30.3 Å². The van der Waals surface area contributed by atoms with Crippen LogP contribution in [0.4, 0.5) is 0 Å².